The van der Waals surface area contributed by atoms with Gasteiger partial charge in [0.05, 0.1) is 18.5 Å². The highest BCUT2D eigenvalue weighted by Crippen LogP contribution is 2.20. The molecule has 1 aromatic rings. The van der Waals surface area contributed by atoms with Crippen molar-refractivity contribution in [2.24, 2.45) is 11.1 Å². The van der Waals surface area contributed by atoms with Crippen molar-refractivity contribution in [3.63, 3.8) is 0 Å². The van der Waals surface area contributed by atoms with Crippen molar-refractivity contribution < 1.29 is 4.74 Å². The van der Waals surface area contributed by atoms with Gasteiger partial charge < -0.3 is 10.5 Å². The maximum atomic E-state index is 5.90. The second-order valence-corrected chi connectivity index (χ2v) is 5.59. The van der Waals surface area contributed by atoms with Crippen LogP contribution >= 0.6 is 0 Å². The molecular formula is C14H24N2O. The van der Waals surface area contributed by atoms with E-state index in [0.29, 0.717) is 5.41 Å². The van der Waals surface area contributed by atoms with Gasteiger partial charge in [0, 0.05) is 6.04 Å². The third-order valence-corrected chi connectivity index (χ3v) is 2.70. The molecule has 0 unspecified atom stereocenters. The average Bonchev–Trinajstić information content (AvgIpc) is 2.27. The molecular weight excluding hydrogens is 212 g/mol. The van der Waals surface area contributed by atoms with Crippen molar-refractivity contribution in [1.29, 1.82) is 0 Å². The lowest BCUT2D eigenvalue weighted by atomic mass is 9.93. The van der Waals surface area contributed by atoms with E-state index in [2.05, 4.69) is 32.7 Å². The van der Waals surface area contributed by atoms with Crippen LogP contribution in [0.4, 0.5) is 0 Å². The highest BCUT2D eigenvalue weighted by Gasteiger charge is 2.10. The smallest absolute Gasteiger partial charge is 0.137 e. The molecule has 0 aliphatic heterocycles. The fourth-order valence-corrected chi connectivity index (χ4v) is 1.38. The van der Waals surface area contributed by atoms with Gasteiger partial charge in [-0.2, -0.15) is 0 Å². The second-order valence-electron chi connectivity index (χ2n) is 5.59. The van der Waals surface area contributed by atoms with Crippen molar-refractivity contribution in [2.45, 2.75) is 46.6 Å². The van der Waals surface area contributed by atoms with Crippen LogP contribution in [0, 0.1) is 5.41 Å². The third-order valence-electron chi connectivity index (χ3n) is 2.70. The van der Waals surface area contributed by atoms with Crippen LogP contribution in [0.2, 0.25) is 0 Å². The quantitative estimate of drug-likeness (QED) is 0.853. The summed E-state index contributed by atoms with van der Waals surface area (Å²) < 4.78 is 5.65. The van der Waals surface area contributed by atoms with E-state index in [1.165, 1.54) is 0 Å². The summed E-state index contributed by atoms with van der Waals surface area (Å²) in [6, 6.07) is 3.92. The molecule has 2 N–H and O–H groups in total. The first-order chi connectivity index (χ1) is 7.92. The molecule has 1 rings (SSSR count). The summed E-state index contributed by atoms with van der Waals surface area (Å²) in [7, 11) is 0. The van der Waals surface area contributed by atoms with Crippen LogP contribution in [0.1, 0.15) is 52.3 Å². The van der Waals surface area contributed by atoms with Crippen molar-refractivity contribution >= 4 is 0 Å². The SMILES string of the molecule is CC[C@@H](N)c1ccc(OCCC(C)(C)C)cn1. The summed E-state index contributed by atoms with van der Waals surface area (Å²) in [5, 5.41) is 0. The van der Waals surface area contributed by atoms with Gasteiger partial charge >= 0.3 is 0 Å². The summed E-state index contributed by atoms with van der Waals surface area (Å²) in [6.45, 7) is 9.40. The van der Waals surface area contributed by atoms with Gasteiger partial charge in [-0.15, -0.1) is 0 Å². The van der Waals surface area contributed by atoms with Crippen molar-refractivity contribution in [3.8, 4) is 5.75 Å². The Balaban J connectivity index is 2.46. The van der Waals surface area contributed by atoms with E-state index in [9.17, 15) is 0 Å². The molecule has 3 nitrogen and oxygen atoms in total. The van der Waals surface area contributed by atoms with E-state index in [-0.39, 0.29) is 6.04 Å². The van der Waals surface area contributed by atoms with Gasteiger partial charge in [0.25, 0.3) is 0 Å². The molecule has 96 valence electrons. The number of rotatable bonds is 5. The second kappa shape index (κ2) is 6.01. The van der Waals surface area contributed by atoms with Crippen molar-refractivity contribution in [3.05, 3.63) is 24.0 Å². The van der Waals surface area contributed by atoms with Crippen LogP contribution < -0.4 is 10.5 Å². The summed E-state index contributed by atoms with van der Waals surface area (Å²) >= 11 is 0. The summed E-state index contributed by atoms with van der Waals surface area (Å²) in [4.78, 5) is 4.31. The van der Waals surface area contributed by atoms with Gasteiger partial charge in [-0.1, -0.05) is 27.7 Å². The van der Waals surface area contributed by atoms with Crippen LogP contribution in [-0.4, -0.2) is 11.6 Å². The number of nitrogens with zero attached hydrogens (tertiary/aromatic N) is 1. The Kier molecular flexibility index (Phi) is 4.94. The van der Waals surface area contributed by atoms with Crippen LogP contribution in [0.15, 0.2) is 18.3 Å². The zero-order chi connectivity index (χ0) is 12.9. The third kappa shape index (κ3) is 5.18. The molecule has 0 amide bonds. The number of hydrogen-bond donors (Lipinski definition) is 1. The minimum absolute atomic E-state index is 0.0265. The molecule has 0 bridgehead atoms. The topological polar surface area (TPSA) is 48.1 Å². The molecule has 0 spiro atoms. The molecule has 1 aromatic heterocycles. The Morgan fingerprint density at radius 1 is 1.35 bits per heavy atom. The largest absolute Gasteiger partial charge is 0.492 e. The molecule has 1 heterocycles. The number of pyridine rings is 1. The molecule has 0 aliphatic rings. The Hall–Kier alpha value is -1.09. The fourth-order valence-electron chi connectivity index (χ4n) is 1.38. The van der Waals surface area contributed by atoms with Gasteiger partial charge in [-0.05, 0) is 30.4 Å². The normalized spacial score (nSPS) is 13.5. The van der Waals surface area contributed by atoms with Crippen LogP contribution in [0.3, 0.4) is 0 Å². The van der Waals surface area contributed by atoms with Gasteiger partial charge in [-0.25, -0.2) is 0 Å². The zero-order valence-electron chi connectivity index (χ0n) is 11.4. The Morgan fingerprint density at radius 3 is 2.53 bits per heavy atom. The van der Waals surface area contributed by atoms with Gasteiger partial charge in [0.15, 0.2) is 0 Å². The predicted octanol–water partition coefficient (Wildman–Crippen LogP) is 3.31. The minimum atomic E-state index is 0.0265. The van der Waals surface area contributed by atoms with Gasteiger partial charge in [0.2, 0.25) is 0 Å². The molecule has 0 aliphatic carbocycles. The summed E-state index contributed by atoms with van der Waals surface area (Å²) in [5.74, 6) is 0.821. The molecule has 3 heteroatoms. The average molecular weight is 236 g/mol. The summed E-state index contributed by atoms with van der Waals surface area (Å²) in [6.07, 6.45) is 3.69. The van der Waals surface area contributed by atoms with E-state index in [4.69, 9.17) is 10.5 Å². The Bertz CT molecular complexity index is 327. The van der Waals surface area contributed by atoms with Gasteiger partial charge in [-0.3, -0.25) is 4.98 Å². The molecule has 0 radical (unpaired) electrons. The molecule has 0 saturated carbocycles. The summed E-state index contributed by atoms with van der Waals surface area (Å²) in [5.41, 5.74) is 7.13. The van der Waals surface area contributed by atoms with Crippen LogP contribution in [-0.2, 0) is 0 Å². The van der Waals surface area contributed by atoms with Gasteiger partial charge in [0.1, 0.15) is 5.75 Å². The van der Waals surface area contributed by atoms with Crippen LogP contribution in [0.25, 0.3) is 0 Å². The number of aromatic nitrogens is 1. The van der Waals surface area contributed by atoms with E-state index in [1.54, 1.807) is 6.20 Å². The van der Waals surface area contributed by atoms with E-state index in [1.807, 2.05) is 12.1 Å². The number of hydrogen-bond acceptors (Lipinski definition) is 3. The predicted molar refractivity (Wildman–Crippen MR) is 71.0 cm³/mol. The zero-order valence-corrected chi connectivity index (χ0v) is 11.4. The Morgan fingerprint density at radius 2 is 2.06 bits per heavy atom. The van der Waals surface area contributed by atoms with E-state index < -0.39 is 0 Å². The maximum Gasteiger partial charge on any atom is 0.137 e. The monoisotopic (exact) mass is 236 g/mol. The van der Waals surface area contributed by atoms with Crippen molar-refractivity contribution in [1.82, 2.24) is 4.98 Å². The highest BCUT2D eigenvalue weighted by atomic mass is 16.5. The lowest BCUT2D eigenvalue weighted by molar-refractivity contribution is 0.242. The number of nitrogens with two attached hydrogens (primary N) is 1. The van der Waals surface area contributed by atoms with Crippen molar-refractivity contribution in [2.75, 3.05) is 6.61 Å². The maximum absolute atomic E-state index is 5.90. The fraction of sp³-hybridized carbons (Fsp3) is 0.643. The molecule has 0 fully saturated rings. The van der Waals surface area contributed by atoms with E-state index in [0.717, 1.165) is 30.9 Å². The minimum Gasteiger partial charge on any atom is -0.492 e. The first-order valence-corrected chi connectivity index (χ1v) is 6.26. The number of ether oxygens (including phenoxy) is 1. The first-order valence-electron chi connectivity index (χ1n) is 6.26. The first kappa shape index (κ1) is 14.0. The standard InChI is InChI=1S/C14H24N2O/c1-5-12(15)13-7-6-11(10-16-13)17-9-8-14(2,3)4/h6-7,10,12H,5,8-9,15H2,1-4H3/t12-/m1/s1. The molecule has 0 saturated heterocycles. The Labute approximate surface area is 104 Å². The lowest BCUT2D eigenvalue weighted by Crippen LogP contribution is -2.12. The molecule has 0 aromatic carbocycles. The highest BCUT2D eigenvalue weighted by molar-refractivity contribution is 5.21. The van der Waals surface area contributed by atoms with Crippen LogP contribution in [0.5, 0.6) is 5.75 Å². The molecule has 17 heavy (non-hydrogen) atoms. The van der Waals surface area contributed by atoms with E-state index >= 15 is 0 Å². The lowest BCUT2D eigenvalue weighted by Gasteiger charge is -2.18. The molecule has 1 atom stereocenters.